The predicted molar refractivity (Wildman–Crippen MR) is 64.2 cm³/mol. The van der Waals surface area contributed by atoms with Gasteiger partial charge in [0.15, 0.2) is 5.66 Å². The smallest absolute Gasteiger partial charge is 0.211 e. The molecule has 0 heterocycles. The van der Waals surface area contributed by atoms with Crippen molar-refractivity contribution in [3.05, 3.63) is 34.9 Å². The van der Waals surface area contributed by atoms with E-state index in [2.05, 4.69) is 9.98 Å². The van der Waals surface area contributed by atoms with Gasteiger partial charge in [-0.3, -0.25) is 0 Å². The minimum absolute atomic E-state index is 0.772. The summed E-state index contributed by atoms with van der Waals surface area (Å²) in [6.45, 7) is 5.49. The van der Waals surface area contributed by atoms with Crippen LogP contribution in [0, 0.1) is 6.92 Å². The molecule has 1 rings (SSSR count). The van der Waals surface area contributed by atoms with Crippen LogP contribution in [0.5, 0.6) is 0 Å². The number of isocyanates is 2. The largest absolute Gasteiger partial charge is 0.237 e. The second-order valence-electron chi connectivity index (χ2n) is 3.89. The van der Waals surface area contributed by atoms with E-state index in [1.54, 1.807) is 6.92 Å². The van der Waals surface area contributed by atoms with Gasteiger partial charge in [-0.1, -0.05) is 25.1 Å². The van der Waals surface area contributed by atoms with E-state index in [9.17, 15) is 9.59 Å². The van der Waals surface area contributed by atoms with Gasteiger partial charge in [0.1, 0.15) is 0 Å². The zero-order valence-electron chi connectivity index (χ0n) is 10.2. The molecule has 0 aliphatic carbocycles. The quantitative estimate of drug-likeness (QED) is 0.589. The molecular weight excluding hydrogens is 216 g/mol. The van der Waals surface area contributed by atoms with E-state index in [4.69, 9.17) is 0 Å². The first kappa shape index (κ1) is 13.0. The molecule has 0 bridgehead atoms. The van der Waals surface area contributed by atoms with Crippen LogP contribution < -0.4 is 0 Å². The van der Waals surface area contributed by atoms with Gasteiger partial charge in [0, 0.05) is 5.56 Å². The Morgan fingerprint density at radius 3 is 2.29 bits per heavy atom. The van der Waals surface area contributed by atoms with Crippen molar-refractivity contribution < 1.29 is 9.59 Å². The molecule has 0 saturated heterocycles. The van der Waals surface area contributed by atoms with Crippen LogP contribution in [0.3, 0.4) is 0 Å². The highest BCUT2D eigenvalue weighted by Crippen LogP contribution is 2.32. The Kier molecular flexibility index (Phi) is 4.11. The summed E-state index contributed by atoms with van der Waals surface area (Å²) in [4.78, 5) is 28.3. The van der Waals surface area contributed by atoms with Gasteiger partial charge in [0.25, 0.3) is 0 Å². The fourth-order valence-corrected chi connectivity index (χ4v) is 2.02. The third-order valence-electron chi connectivity index (χ3n) is 2.74. The number of hydrogen-bond donors (Lipinski definition) is 0. The van der Waals surface area contributed by atoms with Gasteiger partial charge in [-0.05, 0) is 31.4 Å². The number of rotatable bonds is 4. The molecule has 0 N–H and O–H groups in total. The average molecular weight is 230 g/mol. The summed E-state index contributed by atoms with van der Waals surface area (Å²) in [7, 11) is 0. The molecular formula is C13H14N2O2. The molecule has 0 amide bonds. The highest BCUT2D eigenvalue weighted by Gasteiger charge is 2.29. The van der Waals surface area contributed by atoms with E-state index >= 15 is 0 Å². The lowest BCUT2D eigenvalue weighted by molar-refractivity contribution is 0.488. The van der Waals surface area contributed by atoms with Gasteiger partial charge in [0.05, 0.1) is 0 Å². The summed E-state index contributed by atoms with van der Waals surface area (Å²) >= 11 is 0. The average Bonchev–Trinajstić information content (AvgIpc) is 2.29. The fraction of sp³-hybridized carbons (Fsp3) is 0.385. The summed E-state index contributed by atoms with van der Waals surface area (Å²) in [5, 5.41) is 0. The summed E-state index contributed by atoms with van der Waals surface area (Å²) < 4.78 is 0. The molecule has 17 heavy (non-hydrogen) atoms. The molecule has 0 radical (unpaired) electrons. The van der Waals surface area contributed by atoms with Crippen LogP contribution in [0.4, 0.5) is 0 Å². The summed E-state index contributed by atoms with van der Waals surface area (Å²) in [6.07, 6.45) is 3.72. The standard InChI is InChI=1S/C13H14N2O2/c1-4-11-7-5-6-10(2)12(11)13(3,14-8-16)15-9-17/h5-7H,4H2,1-3H3. The molecule has 0 unspecified atom stereocenters. The number of carbonyl (C=O) groups excluding carboxylic acids is 2. The number of aryl methyl sites for hydroxylation is 2. The number of nitrogens with zero attached hydrogens (tertiary/aromatic N) is 2. The van der Waals surface area contributed by atoms with Crippen molar-refractivity contribution in [1.29, 1.82) is 0 Å². The number of benzene rings is 1. The Balaban J connectivity index is 3.58. The van der Waals surface area contributed by atoms with Crippen LogP contribution in [0.15, 0.2) is 28.2 Å². The van der Waals surface area contributed by atoms with Crippen molar-refractivity contribution in [2.24, 2.45) is 9.98 Å². The molecule has 4 heteroatoms. The lowest BCUT2D eigenvalue weighted by Crippen LogP contribution is -2.19. The van der Waals surface area contributed by atoms with E-state index < -0.39 is 5.66 Å². The predicted octanol–water partition coefficient (Wildman–Crippen LogP) is 2.40. The maximum Gasteiger partial charge on any atom is 0.237 e. The first-order chi connectivity index (χ1) is 8.09. The van der Waals surface area contributed by atoms with Crippen molar-refractivity contribution in [3.8, 4) is 0 Å². The second-order valence-corrected chi connectivity index (χ2v) is 3.89. The first-order valence-corrected chi connectivity index (χ1v) is 5.36. The third kappa shape index (κ3) is 2.56. The molecule has 0 aliphatic rings. The van der Waals surface area contributed by atoms with Crippen molar-refractivity contribution in [2.75, 3.05) is 0 Å². The van der Waals surface area contributed by atoms with Crippen molar-refractivity contribution in [1.82, 2.24) is 0 Å². The maximum absolute atomic E-state index is 10.5. The van der Waals surface area contributed by atoms with Gasteiger partial charge in [-0.15, -0.1) is 0 Å². The molecule has 0 saturated carbocycles. The first-order valence-electron chi connectivity index (χ1n) is 5.36. The van der Waals surface area contributed by atoms with Gasteiger partial charge < -0.3 is 0 Å². The zero-order valence-corrected chi connectivity index (χ0v) is 10.2. The molecule has 88 valence electrons. The van der Waals surface area contributed by atoms with Gasteiger partial charge in [-0.25, -0.2) is 9.59 Å². The molecule has 4 nitrogen and oxygen atoms in total. The van der Waals surface area contributed by atoms with E-state index in [1.165, 1.54) is 12.2 Å². The van der Waals surface area contributed by atoms with E-state index in [1.807, 2.05) is 32.0 Å². The van der Waals surface area contributed by atoms with Crippen LogP contribution in [0.25, 0.3) is 0 Å². The number of aliphatic imine (C=N–C) groups is 2. The van der Waals surface area contributed by atoms with E-state index in [0.717, 1.165) is 23.1 Å². The topological polar surface area (TPSA) is 58.9 Å². The van der Waals surface area contributed by atoms with Crippen LogP contribution in [0.1, 0.15) is 30.5 Å². The monoisotopic (exact) mass is 230 g/mol. The Labute approximate surface area is 100 Å². The minimum Gasteiger partial charge on any atom is -0.211 e. The van der Waals surface area contributed by atoms with Crippen LogP contribution in [-0.2, 0) is 21.7 Å². The molecule has 1 aromatic rings. The summed E-state index contributed by atoms with van der Waals surface area (Å²) in [6, 6.07) is 5.75. The maximum atomic E-state index is 10.5. The van der Waals surface area contributed by atoms with Crippen LogP contribution >= 0.6 is 0 Å². The second kappa shape index (κ2) is 5.35. The minimum atomic E-state index is -1.22. The molecule has 0 atom stereocenters. The summed E-state index contributed by atoms with van der Waals surface area (Å²) in [5.74, 6) is 0. The Bertz CT molecular complexity index is 492. The molecule has 0 aliphatic heterocycles. The van der Waals surface area contributed by atoms with E-state index in [-0.39, 0.29) is 0 Å². The highest BCUT2D eigenvalue weighted by atomic mass is 16.1. The highest BCUT2D eigenvalue weighted by molar-refractivity contribution is 5.47. The zero-order chi connectivity index (χ0) is 12.9. The van der Waals surface area contributed by atoms with Gasteiger partial charge in [-0.2, -0.15) is 9.98 Å². The fourth-order valence-electron chi connectivity index (χ4n) is 2.02. The molecule has 0 spiro atoms. The van der Waals surface area contributed by atoms with Crippen LogP contribution in [-0.4, -0.2) is 12.2 Å². The van der Waals surface area contributed by atoms with E-state index in [0.29, 0.717) is 0 Å². The molecule has 0 aromatic heterocycles. The normalized spacial score (nSPS) is 13.1. The SMILES string of the molecule is CCc1cccc(C)c1C(C)(N=C=O)N=C=O. The van der Waals surface area contributed by atoms with Gasteiger partial charge >= 0.3 is 0 Å². The Hall–Kier alpha value is -2.02. The lowest BCUT2D eigenvalue weighted by Gasteiger charge is -2.22. The Morgan fingerprint density at radius 1 is 1.24 bits per heavy atom. The lowest BCUT2D eigenvalue weighted by atomic mass is 9.91. The third-order valence-corrected chi connectivity index (χ3v) is 2.74. The van der Waals surface area contributed by atoms with Crippen LogP contribution in [0.2, 0.25) is 0 Å². The molecule has 0 fully saturated rings. The van der Waals surface area contributed by atoms with Crippen molar-refractivity contribution >= 4 is 12.2 Å². The van der Waals surface area contributed by atoms with Gasteiger partial charge in [0.2, 0.25) is 12.2 Å². The van der Waals surface area contributed by atoms with Crippen molar-refractivity contribution in [3.63, 3.8) is 0 Å². The summed E-state index contributed by atoms with van der Waals surface area (Å²) in [5.41, 5.74) is 1.49. The molecule has 1 aromatic carbocycles. The number of hydrogen-bond acceptors (Lipinski definition) is 4. The Morgan fingerprint density at radius 2 is 1.82 bits per heavy atom. The van der Waals surface area contributed by atoms with Crippen molar-refractivity contribution in [2.45, 2.75) is 32.9 Å².